The molecule has 0 aliphatic heterocycles. The number of fused-ring (bicyclic) bond motifs is 3. The van der Waals surface area contributed by atoms with Gasteiger partial charge in [-0.25, -0.2) is 27.5 Å². The van der Waals surface area contributed by atoms with Gasteiger partial charge in [-0.1, -0.05) is 54.6 Å². The van der Waals surface area contributed by atoms with Crippen LogP contribution in [0.25, 0.3) is 22.5 Å². The number of nitrogens with zero attached hydrogens (tertiary/aromatic N) is 3. The maximum absolute atomic E-state index is 14.5. The van der Waals surface area contributed by atoms with Crippen LogP contribution in [0.2, 0.25) is 0 Å². The molecule has 1 amide bonds. The van der Waals surface area contributed by atoms with Gasteiger partial charge < -0.3 is 0 Å². The Morgan fingerprint density at radius 2 is 1.50 bits per heavy atom. The van der Waals surface area contributed by atoms with Gasteiger partial charge in [0.1, 0.15) is 5.69 Å². The van der Waals surface area contributed by atoms with E-state index in [1.165, 1.54) is 11.9 Å². The molecule has 0 saturated carbocycles. The van der Waals surface area contributed by atoms with Gasteiger partial charge in [-0.05, 0) is 30.9 Å². The van der Waals surface area contributed by atoms with Crippen LogP contribution in [0.1, 0.15) is 22.4 Å². The molecule has 4 nitrogen and oxygen atoms in total. The van der Waals surface area contributed by atoms with Crippen LogP contribution in [0, 0.1) is 30.2 Å². The SMILES string of the molecule is Cc1c(F)c(F)c(F)c(F)c1CC(=O)N(C)c1nc2c(nc1-c1ccccc1)-c1ccccc1CC2. The van der Waals surface area contributed by atoms with E-state index < -0.39 is 46.7 Å². The Bertz CT molecular complexity index is 1480. The van der Waals surface area contributed by atoms with Gasteiger partial charge in [-0.2, -0.15) is 0 Å². The fraction of sp³-hybridized carbons (Fsp3) is 0.179. The molecule has 0 saturated heterocycles. The predicted molar refractivity (Wildman–Crippen MR) is 128 cm³/mol. The molecule has 0 spiro atoms. The standard InChI is InChI=1S/C28H21F4N3O/c1-15-19(23(30)25(32)24(31)22(15)29)14-21(36)35(2)28-26(17-9-4-3-5-10-17)34-27-18-11-7-6-8-16(18)12-13-20(27)33-28/h3-11H,12-14H2,1-2H3. The van der Waals surface area contributed by atoms with Crippen molar-refractivity contribution in [2.45, 2.75) is 26.2 Å². The van der Waals surface area contributed by atoms with Gasteiger partial charge in [-0.3, -0.25) is 9.69 Å². The van der Waals surface area contributed by atoms with E-state index in [1.54, 1.807) is 0 Å². The number of hydrogen-bond donors (Lipinski definition) is 0. The molecule has 0 fully saturated rings. The quantitative estimate of drug-likeness (QED) is 0.201. The average molecular weight is 491 g/mol. The van der Waals surface area contributed by atoms with Crippen LogP contribution in [0.15, 0.2) is 54.6 Å². The van der Waals surface area contributed by atoms with Crippen LogP contribution in [0.3, 0.4) is 0 Å². The Balaban J connectivity index is 1.60. The Hall–Kier alpha value is -4.07. The minimum Gasteiger partial charge on any atom is -0.298 e. The third-order valence-electron chi connectivity index (χ3n) is 6.55. The largest absolute Gasteiger partial charge is 0.298 e. The summed E-state index contributed by atoms with van der Waals surface area (Å²) in [7, 11) is 1.45. The number of amides is 1. The summed E-state index contributed by atoms with van der Waals surface area (Å²) in [6, 6.07) is 17.1. The summed E-state index contributed by atoms with van der Waals surface area (Å²) in [5, 5.41) is 0. The zero-order chi connectivity index (χ0) is 25.6. The molecule has 1 aromatic heterocycles. The van der Waals surface area contributed by atoms with Crippen molar-refractivity contribution in [3.8, 4) is 22.5 Å². The number of carbonyl (C=O) groups is 1. The van der Waals surface area contributed by atoms with E-state index in [9.17, 15) is 22.4 Å². The number of rotatable bonds is 4. The second-order valence-corrected chi connectivity index (χ2v) is 8.70. The molecule has 36 heavy (non-hydrogen) atoms. The van der Waals surface area contributed by atoms with Crippen molar-refractivity contribution in [3.05, 3.63) is 100 Å². The van der Waals surface area contributed by atoms with Crippen molar-refractivity contribution >= 4 is 11.7 Å². The van der Waals surface area contributed by atoms with Crippen LogP contribution in [-0.4, -0.2) is 22.9 Å². The molecule has 0 radical (unpaired) electrons. The first-order valence-electron chi connectivity index (χ1n) is 11.4. The molecule has 0 atom stereocenters. The van der Waals surface area contributed by atoms with Crippen LogP contribution < -0.4 is 4.90 Å². The molecule has 1 aliphatic carbocycles. The van der Waals surface area contributed by atoms with Crippen molar-refractivity contribution in [2.75, 3.05) is 11.9 Å². The van der Waals surface area contributed by atoms with Crippen molar-refractivity contribution in [2.24, 2.45) is 0 Å². The van der Waals surface area contributed by atoms with Gasteiger partial charge in [0, 0.05) is 23.7 Å². The number of halogens is 4. The third-order valence-corrected chi connectivity index (χ3v) is 6.55. The third kappa shape index (κ3) is 3.92. The lowest BCUT2D eigenvalue weighted by Crippen LogP contribution is -2.31. The summed E-state index contributed by atoms with van der Waals surface area (Å²) < 4.78 is 56.0. The van der Waals surface area contributed by atoms with Gasteiger partial charge in [0.2, 0.25) is 5.91 Å². The van der Waals surface area contributed by atoms with Crippen molar-refractivity contribution in [3.63, 3.8) is 0 Å². The highest BCUT2D eigenvalue weighted by Crippen LogP contribution is 2.36. The molecule has 0 unspecified atom stereocenters. The van der Waals surface area contributed by atoms with E-state index in [0.717, 1.165) is 30.2 Å². The smallest absolute Gasteiger partial charge is 0.232 e. The number of likely N-dealkylation sites (N-methyl/N-ethyl adjacent to an activating group) is 1. The molecule has 4 aromatic rings. The summed E-state index contributed by atoms with van der Waals surface area (Å²) in [5.41, 5.74) is 3.73. The number of benzene rings is 3. The maximum atomic E-state index is 14.5. The normalized spacial score (nSPS) is 12.2. The number of aromatic nitrogens is 2. The number of carbonyl (C=O) groups excluding carboxylic acids is 1. The minimum atomic E-state index is -1.94. The average Bonchev–Trinajstić information content (AvgIpc) is 2.92. The first kappa shape index (κ1) is 23.7. The minimum absolute atomic E-state index is 0.241. The fourth-order valence-corrected chi connectivity index (χ4v) is 4.48. The lowest BCUT2D eigenvalue weighted by molar-refractivity contribution is -0.117. The molecular formula is C28H21F4N3O. The molecular weight excluding hydrogens is 470 g/mol. The highest BCUT2D eigenvalue weighted by Gasteiger charge is 2.28. The van der Waals surface area contributed by atoms with Gasteiger partial charge in [0.05, 0.1) is 17.8 Å². The second-order valence-electron chi connectivity index (χ2n) is 8.70. The zero-order valence-electron chi connectivity index (χ0n) is 19.6. The summed E-state index contributed by atoms with van der Waals surface area (Å²) in [4.78, 5) is 24.1. The van der Waals surface area contributed by atoms with E-state index in [4.69, 9.17) is 9.97 Å². The Labute approximate surface area is 205 Å². The molecule has 182 valence electrons. The number of anilines is 1. The summed E-state index contributed by atoms with van der Waals surface area (Å²) in [6.07, 6.45) is 0.696. The van der Waals surface area contributed by atoms with Crippen molar-refractivity contribution in [1.29, 1.82) is 0 Å². The van der Waals surface area contributed by atoms with Crippen LogP contribution in [-0.2, 0) is 24.1 Å². The lowest BCUT2D eigenvalue weighted by Gasteiger charge is -2.25. The van der Waals surface area contributed by atoms with Crippen molar-refractivity contribution in [1.82, 2.24) is 9.97 Å². The summed E-state index contributed by atoms with van der Waals surface area (Å²) in [5.74, 6) is -7.38. The van der Waals surface area contributed by atoms with Gasteiger partial charge in [-0.15, -0.1) is 0 Å². The Kier molecular flexibility index (Phi) is 6.04. The van der Waals surface area contributed by atoms with E-state index in [1.807, 2.05) is 54.6 Å². The molecule has 8 heteroatoms. The lowest BCUT2D eigenvalue weighted by atomic mass is 9.91. The Morgan fingerprint density at radius 1 is 0.833 bits per heavy atom. The number of hydrogen-bond acceptors (Lipinski definition) is 3. The fourth-order valence-electron chi connectivity index (χ4n) is 4.48. The molecule has 1 heterocycles. The highest BCUT2D eigenvalue weighted by atomic mass is 19.2. The van der Waals surface area contributed by atoms with Gasteiger partial charge in [0.15, 0.2) is 29.1 Å². The van der Waals surface area contributed by atoms with Crippen molar-refractivity contribution < 1.29 is 22.4 Å². The van der Waals surface area contributed by atoms with Gasteiger partial charge >= 0.3 is 0 Å². The molecule has 1 aliphatic rings. The summed E-state index contributed by atoms with van der Waals surface area (Å²) >= 11 is 0. The van der Waals surface area contributed by atoms with Gasteiger partial charge in [0.25, 0.3) is 0 Å². The first-order valence-corrected chi connectivity index (χ1v) is 11.4. The highest BCUT2D eigenvalue weighted by molar-refractivity contribution is 5.97. The predicted octanol–water partition coefficient (Wildman–Crippen LogP) is 5.98. The number of aryl methyl sites for hydroxylation is 2. The monoisotopic (exact) mass is 491 g/mol. The Morgan fingerprint density at radius 3 is 2.25 bits per heavy atom. The maximum Gasteiger partial charge on any atom is 0.232 e. The van der Waals surface area contributed by atoms with Crippen LogP contribution in [0.5, 0.6) is 0 Å². The van der Waals surface area contributed by atoms with E-state index in [-0.39, 0.29) is 5.82 Å². The zero-order valence-corrected chi connectivity index (χ0v) is 19.6. The second kappa shape index (κ2) is 9.18. The van der Waals surface area contributed by atoms with E-state index >= 15 is 0 Å². The molecule has 0 N–H and O–H groups in total. The summed E-state index contributed by atoms with van der Waals surface area (Å²) in [6.45, 7) is 1.11. The van der Waals surface area contributed by atoms with E-state index in [2.05, 4.69) is 0 Å². The molecule has 0 bridgehead atoms. The molecule has 5 rings (SSSR count). The van der Waals surface area contributed by atoms with Crippen LogP contribution in [0.4, 0.5) is 23.4 Å². The van der Waals surface area contributed by atoms with Crippen LogP contribution >= 0.6 is 0 Å². The van der Waals surface area contributed by atoms with E-state index in [0.29, 0.717) is 23.4 Å². The first-order chi connectivity index (χ1) is 17.3. The topological polar surface area (TPSA) is 46.1 Å². The molecule has 3 aromatic carbocycles.